The van der Waals surface area contributed by atoms with Gasteiger partial charge in [0.1, 0.15) is 5.75 Å². The van der Waals surface area contributed by atoms with Crippen LogP contribution in [0.3, 0.4) is 0 Å². The van der Waals surface area contributed by atoms with Crippen molar-refractivity contribution in [3.63, 3.8) is 0 Å². The predicted octanol–water partition coefficient (Wildman–Crippen LogP) is 3.72. The van der Waals surface area contributed by atoms with Crippen LogP contribution in [-0.4, -0.2) is 6.61 Å². The zero-order valence-electron chi connectivity index (χ0n) is 10.7. The Morgan fingerprint density at radius 2 is 1.94 bits per heavy atom. The van der Waals surface area contributed by atoms with Crippen LogP contribution < -0.4 is 15.8 Å². The molecule has 2 aromatic carbocycles. The molecule has 18 heavy (non-hydrogen) atoms. The first-order valence-electron chi connectivity index (χ1n) is 6.05. The smallest absolute Gasteiger partial charge is 0.123 e. The van der Waals surface area contributed by atoms with E-state index in [0.29, 0.717) is 12.3 Å². The van der Waals surface area contributed by atoms with E-state index in [0.717, 1.165) is 17.1 Å². The molecule has 0 bridgehead atoms. The number of rotatable bonds is 4. The number of ether oxygens (including phenoxy) is 1. The van der Waals surface area contributed by atoms with Gasteiger partial charge in [-0.05, 0) is 31.5 Å². The van der Waals surface area contributed by atoms with E-state index >= 15 is 0 Å². The highest BCUT2D eigenvalue weighted by atomic mass is 16.5. The maximum absolute atomic E-state index is 5.86. The summed E-state index contributed by atoms with van der Waals surface area (Å²) in [5, 5.41) is 3.35. The van der Waals surface area contributed by atoms with E-state index in [-0.39, 0.29) is 0 Å². The average Bonchev–Trinajstić information content (AvgIpc) is 2.32. The van der Waals surface area contributed by atoms with Crippen LogP contribution in [0.15, 0.2) is 42.5 Å². The van der Waals surface area contributed by atoms with Gasteiger partial charge in [-0.1, -0.05) is 18.2 Å². The molecular formula is C15H18N2O. The van der Waals surface area contributed by atoms with Gasteiger partial charge in [-0.2, -0.15) is 0 Å². The number of hydrogen-bond acceptors (Lipinski definition) is 3. The fourth-order valence-electron chi connectivity index (χ4n) is 1.81. The lowest BCUT2D eigenvalue weighted by molar-refractivity contribution is 0.340. The highest BCUT2D eigenvalue weighted by Crippen LogP contribution is 2.26. The summed E-state index contributed by atoms with van der Waals surface area (Å²) in [5.41, 5.74) is 9.76. The number of anilines is 3. The Morgan fingerprint density at radius 3 is 2.67 bits per heavy atom. The Labute approximate surface area is 108 Å². The highest BCUT2D eigenvalue weighted by molar-refractivity contribution is 5.68. The molecule has 0 spiro atoms. The molecular weight excluding hydrogens is 224 g/mol. The van der Waals surface area contributed by atoms with Crippen LogP contribution >= 0.6 is 0 Å². The quantitative estimate of drug-likeness (QED) is 0.803. The van der Waals surface area contributed by atoms with Crippen molar-refractivity contribution in [1.29, 1.82) is 0 Å². The third-order valence-electron chi connectivity index (χ3n) is 2.66. The van der Waals surface area contributed by atoms with E-state index in [4.69, 9.17) is 10.5 Å². The van der Waals surface area contributed by atoms with E-state index in [1.807, 2.05) is 43.3 Å². The number of para-hydroxylation sites is 1. The second-order valence-corrected chi connectivity index (χ2v) is 4.16. The molecule has 0 atom stereocenters. The van der Waals surface area contributed by atoms with Gasteiger partial charge in [-0.3, -0.25) is 0 Å². The Kier molecular flexibility index (Phi) is 3.72. The Balaban J connectivity index is 2.26. The van der Waals surface area contributed by atoms with Crippen molar-refractivity contribution in [1.82, 2.24) is 0 Å². The van der Waals surface area contributed by atoms with Crippen LogP contribution in [0.2, 0.25) is 0 Å². The molecule has 0 saturated heterocycles. The van der Waals surface area contributed by atoms with Gasteiger partial charge in [0.2, 0.25) is 0 Å². The van der Waals surface area contributed by atoms with E-state index in [1.54, 1.807) is 0 Å². The fourth-order valence-corrected chi connectivity index (χ4v) is 1.81. The number of aryl methyl sites for hydroxylation is 1. The van der Waals surface area contributed by atoms with Crippen molar-refractivity contribution in [3.8, 4) is 5.75 Å². The van der Waals surface area contributed by atoms with Gasteiger partial charge < -0.3 is 15.8 Å². The Morgan fingerprint density at radius 1 is 1.17 bits per heavy atom. The largest absolute Gasteiger partial charge is 0.494 e. The summed E-state index contributed by atoms with van der Waals surface area (Å²) in [6, 6.07) is 13.8. The molecule has 94 valence electrons. The minimum atomic E-state index is 0.632. The van der Waals surface area contributed by atoms with Crippen molar-refractivity contribution in [2.45, 2.75) is 13.8 Å². The molecule has 0 aliphatic carbocycles. The van der Waals surface area contributed by atoms with Gasteiger partial charge in [0.25, 0.3) is 0 Å². The molecule has 3 nitrogen and oxygen atoms in total. The van der Waals surface area contributed by atoms with E-state index in [1.165, 1.54) is 5.56 Å². The van der Waals surface area contributed by atoms with E-state index in [2.05, 4.69) is 18.3 Å². The minimum Gasteiger partial charge on any atom is -0.494 e. The third kappa shape index (κ3) is 2.94. The van der Waals surface area contributed by atoms with Crippen molar-refractivity contribution in [2.24, 2.45) is 0 Å². The first-order valence-corrected chi connectivity index (χ1v) is 6.05. The number of hydrogen-bond donors (Lipinski definition) is 2. The van der Waals surface area contributed by atoms with Gasteiger partial charge in [0, 0.05) is 29.2 Å². The van der Waals surface area contributed by atoms with Crippen LogP contribution in [0.25, 0.3) is 0 Å². The van der Waals surface area contributed by atoms with E-state index < -0.39 is 0 Å². The van der Waals surface area contributed by atoms with Gasteiger partial charge >= 0.3 is 0 Å². The van der Waals surface area contributed by atoms with Gasteiger partial charge in [-0.15, -0.1) is 0 Å². The molecule has 0 aromatic heterocycles. The minimum absolute atomic E-state index is 0.632. The lowest BCUT2D eigenvalue weighted by Gasteiger charge is -2.12. The molecule has 0 aliphatic rings. The zero-order valence-corrected chi connectivity index (χ0v) is 10.7. The van der Waals surface area contributed by atoms with Gasteiger partial charge in [0.05, 0.1) is 6.61 Å². The lowest BCUT2D eigenvalue weighted by Crippen LogP contribution is -1.97. The maximum Gasteiger partial charge on any atom is 0.123 e. The van der Waals surface area contributed by atoms with Crippen molar-refractivity contribution < 1.29 is 4.74 Å². The molecule has 0 aliphatic heterocycles. The first-order chi connectivity index (χ1) is 8.69. The Hall–Kier alpha value is -2.16. The second-order valence-electron chi connectivity index (χ2n) is 4.16. The van der Waals surface area contributed by atoms with Crippen LogP contribution in [-0.2, 0) is 0 Å². The Bertz CT molecular complexity index is 538. The predicted molar refractivity (Wildman–Crippen MR) is 76.5 cm³/mol. The normalized spacial score (nSPS) is 10.1. The number of nitrogen functional groups attached to an aromatic ring is 1. The summed E-state index contributed by atoms with van der Waals surface area (Å²) in [6.45, 7) is 4.66. The molecule has 3 heteroatoms. The maximum atomic E-state index is 5.86. The summed E-state index contributed by atoms with van der Waals surface area (Å²) in [7, 11) is 0. The molecule has 3 N–H and O–H groups in total. The van der Waals surface area contributed by atoms with Crippen LogP contribution in [0.5, 0.6) is 5.75 Å². The van der Waals surface area contributed by atoms with Crippen LogP contribution in [0.4, 0.5) is 17.1 Å². The number of nitrogens with one attached hydrogen (secondary N) is 1. The topological polar surface area (TPSA) is 47.3 Å². The van der Waals surface area contributed by atoms with Gasteiger partial charge in [-0.25, -0.2) is 0 Å². The van der Waals surface area contributed by atoms with Crippen LogP contribution in [0.1, 0.15) is 12.5 Å². The van der Waals surface area contributed by atoms with Crippen molar-refractivity contribution in [3.05, 3.63) is 48.0 Å². The standard InChI is InChI=1S/C15H18N2O/c1-3-18-14-9-12(16)8-13(10-14)17-15-7-5-4-6-11(15)2/h4-10,17H,3,16H2,1-2H3. The lowest BCUT2D eigenvalue weighted by atomic mass is 10.2. The SMILES string of the molecule is CCOc1cc(N)cc(Nc2ccccc2C)c1. The molecule has 0 fully saturated rings. The summed E-state index contributed by atoms with van der Waals surface area (Å²) >= 11 is 0. The van der Waals surface area contributed by atoms with Crippen molar-refractivity contribution in [2.75, 3.05) is 17.7 Å². The van der Waals surface area contributed by atoms with Crippen molar-refractivity contribution >= 4 is 17.1 Å². The summed E-state index contributed by atoms with van der Waals surface area (Å²) in [4.78, 5) is 0. The summed E-state index contributed by atoms with van der Waals surface area (Å²) in [5.74, 6) is 0.786. The molecule has 0 unspecified atom stereocenters. The number of benzene rings is 2. The van der Waals surface area contributed by atoms with E-state index in [9.17, 15) is 0 Å². The summed E-state index contributed by atoms with van der Waals surface area (Å²) in [6.07, 6.45) is 0. The third-order valence-corrected chi connectivity index (χ3v) is 2.66. The summed E-state index contributed by atoms with van der Waals surface area (Å²) < 4.78 is 5.48. The molecule has 2 rings (SSSR count). The molecule has 2 aromatic rings. The first kappa shape index (κ1) is 12.3. The fraction of sp³-hybridized carbons (Fsp3) is 0.200. The molecule has 0 radical (unpaired) electrons. The molecule has 0 heterocycles. The monoisotopic (exact) mass is 242 g/mol. The number of nitrogens with two attached hydrogens (primary N) is 1. The van der Waals surface area contributed by atoms with Crippen LogP contribution in [0, 0.1) is 6.92 Å². The van der Waals surface area contributed by atoms with Gasteiger partial charge in [0.15, 0.2) is 0 Å². The highest BCUT2D eigenvalue weighted by Gasteiger charge is 2.02. The average molecular weight is 242 g/mol. The molecule has 0 saturated carbocycles. The zero-order chi connectivity index (χ0) is 13.0. The molecule has 0 amide bonds. The second kappa shape index (κ2) is 5.45.